The van der Waals surface area contributed by atoms with Gasteiger partial charge >= 0.3 is 6.03 Å². The van der Waals surface area contributed by atoms with Crippen molar-refractivity contribution in [2.24, 2.45) is 0 Å². The first kappa shape index (κ1) is 19.6. The fourth-order valence-corrected chi connectivity index (χ4v) is 2.89. The first-order valence-corrected chi connectivity index (χ1v) is 8.75. The van der Waals surface area contributed by atoms with Crippen LogP contribution in [0.1, 0.15) is 29.4 Å². The summed E-state index contributed by atoms with van der Waals surface area (Å²) < 4.78 is 12.5. The van der Waals surface area contributed by atoms with E-state index in [0.717, 1.165) is 29.1 Å². The Kier molecular flexibility index (Phi) is 6.89. The summed E-state index contributed by atoms with van der Waals surface area (Å²) in [5.41, 5.74) is 4.19. The predicted octanol–water partition coefficient (Wildman–Crippen LogP) is 2.58. The molecule has 0 radical (unpaired) electrons. The van der Waals surface area contributed by atoms with Gasteiger partial charge in [-0.15, -0.1) is 0 Å². The van der Waals surface area contributed by atoms with Crippen LogP contribution in [0.15, 0.2) is 18.2 Å². The standard InChI is InChI=1S/C19H28N4O3/c1-6-23-14(3)16(13(2)22-23)12-21-19(24)20-10-9-15-7-8-17(25-4)18(11-15)26-5/h7-8,11H,6,9-10,12H2,1-5H3,(H2,20,21,24). The van der Waals surface area contributed by atoms with Crippen molar-refractivity contribution >= 4 is 6.03 Å². The second-order valence-corrected chi connectivity index (χ2v) is 6.01. The number of aryl methyl sites for hydroxylation is 2. The van der Waals surface area contributed by atoms with Gasteiger partial charge in [-0.1, -0.05) is 6.07 Å². The van der Waals surface area contributed by atoms with E-state index in [1.165, 1.54) is 0 Å². The van der Waals surface area contributed by atoms with E-state index in [2.05, 4.69) is 22.7 Å². The second-order valence-electron chi connectivity index (χ2n) is 6.01. The molecule has 26 heavy (non-hydrogen) atoms. The number of hydrogen-bond acceptors (Lipinski definition) is 4. The zero-order valence-corrected chi connectivity index (χ0v) is 16.2. The highest BCUT2D eigenvalue weighted by molar-refractivity contribution is 5.73. The number of nitrogens with one attached hydrogen (secondary N) is 2. The van der Waals surface area contributed by atoms with Gasteiger partial charge in [0.15, 0.2) is 11.5 Å². The Morgan fingerprint density at radius 2 is 1.88 bits per heavy atom. The lowest BCUT2D eigenvalue weighted by Gasteiger charge is -2.11. The maximum absolute atomic E-state index is 12.0. The van der Waals surface area contributed by atoms with Crippen LogP contribution in [0.2, 0.25) is 0 Å². The lowest BCUT2D eigenvalue weighted by Crippen LogP contribution is -2.36. The molecule has 0 atom stereocenters. The van der Waals surface area contributed by atoms with E-state index in [-0.39, 0.29) is 6.03 Å². The molecule has 2 rings (SSSR count). The molecular weight excluding hydrogens is 332 g/mol. The zero-order chi connectivity index (χ0) is 19.1. The average Bonchev–Trinajstić information content (AvgIpc) is 2.93. The topological polar surface area (TPSA) is 77.4 Å². The fraction of sp³-hybridized carbons (Fsp3) is 0.474. The molecule has 2 amide bonds. The maximum atomic E-state index is 12.0. The summed E-state index contributed by atoms with van der Waals surface area (Å²) in [4.78, 5) is 12.0. The van der Waals surface area contributed by atoms with E-state index in [0.29, 0.717) is 31.0 Å². The molecule has 0 fully saturated rings. The van der Waals surface area contributed by atoms with Gasteiger partial charge in [0.2, 0.25) is 0 Å². The van der Waals surface area contributed by atoms with Crippen molar-refractivity contribution in [3.8, 4) is 11.5 Å². The van der Waals surface area contributed by atoms with Gasteiger partial charge in [0.25, 0.3) is 0 Å². The second kappa shape index (κ2) is 9.12. The number of aromatic nitrogens is 2. The quantitative estimate of drug-likeness (QED) is 0.758. The minimum atomic E-state index is -0.187. The molecule has 0 aliphatic heterocycles. The number of carbonyl (C=O) groups excluding carboxylic acids is 1. The van der Waals surface area contributed by atoms with Crippen LogP contribution in [-0.2, 0) is 19.5 Å². The van der Waals surface area contributed by atoms with Crippen LogP contribution in [0.5, 0.6) is 11.5 Å². The molecule has 0 aliphatic carbocycles. The summed E-state index contributed by atoms with van der Waals surface area (Å²) >= 11 is 0. The number of nitrogens with zero attached hydrogens (tertiary/aromatic N) is 2. The molecule has 2 N–H and O–H groups in total. The zero-order valence-electron chi connectivity index (χ0n) is 16.2. The summed E-state index contributed by atoms with van der Waals surface area (Å²) in [6.45, 7) is 7.87. The maximum Gasteiger partial charge on any atom is 0.315 e. The van der Waals surface area contributed by atoms with Crippen molar-refractivity contribution in [1.82, 2.24) is 20.4 Å². The van der Waals surface area contributed by atoms with Gasteiger partial charge in [-0.2, -0.15) is 5.10 Å². The van der Waals surface area contributed by atoms with Gasteiger partial charge in [0.1, 0.15) is 0 Å². The molecular formula is C19H28N4O3. The SMILES string of the molecule is CCn1nc(C)c(CNC(=O)NCCc2ccc(OC)c(OC)c2)c1C. The van der Waals surface area contributed by atoms with E-state index >= 15 is 0 Å². The number of rotatable bonds is 8. The molecule has 1 aromatic carbocycles. The monoisotopic (exact) mass is 360 g/mol. The third kappa shape index (κ3) is 4.68. The first-order chi connectivity index (χ1) is 12.5. The Morgan fingerprint density at radius 1 is 1.15 bits per heavy atom. The number of methoxy groups -OCH3 is 2. The van der Waals surface area contributed by atoms with Gasteiger partial charge in [0, 0.05) is 30.9 Å². The third-order valence-corrected chi connectivity index (χ3v) is 4.40. The number of amides is 2. The largest absolute Gasteiger partial charge is 0.493 e. The van der Waals surface area contributed by atoms with Crippen LogP contribution in [-0.4, -0.2) is 36.6 Å². The molecule has 0 unspecified atom stereocenters. The van der Waals surface area contributed by atoms with Crippen LogP contribution >= 0.6 is 0 Å². The minimum Gasteiger partial charge on any atom is -0.493 e. The van der Waals surface area contributed by atoms with E-state index in [9.17, 15) is 4.79 Å². The summed E-state index contributed by atoms with van der Waals surface area (Å²) in [6.07, 6.45) is 0.708. The van der Waals surface area contributed by atoms with Crippen molar-refractivity contribution in [1.29, 1.82) is 0 Å². The first-order valence-electron chi connectivity index (χ1n) is 8.75. The Bertz CT molecular complexity index is 755. The van der Waals surface area contributed by atoms with Crippen LogP contribution in [0.4, 0.5) is 4.79 Å². The lowest BCUT2D eigenvalue weighted by molar-refractivity contribution is 0.240. The molecule has 0 bridgehead atoms. The van der Waals surface area contributed by atoms with Gasteiger partial charge in [-0.3, -0.25) is 4.68 Å². The van der Waals surface area contributed by atoms with Crippen molar-refractivity contribution in [3.63, 3.8) is 0 Å². The Morgan fingerprint density at radius 3 is 2.50 bits per heavy atom. The van der Waals surface area contributed by atoms with Crippen molar-refractivity contribution < 1.29 is 14.3 Å². The van der Waals surface area contributed by atoms with Crippen LogP contribution in [0.25, 0.3) is 0 Å². The molecule has 7 nitrogen and oxygen atoms in total. The van der Waals surface area contributed by atoms with Gasteiger partial charge < -0.3 is 20.1 Å². The molecule has 1 heterocycles. The smallest absolute Gasteiger partial charge is 0.315 e. The Balaban J connectivity index is 1.82. The molecule has 0 saturated heterocycles. The van der Waals surface area contributed by atoms with Crippen molar-refractivity contribution in [3.05, 3.63) is 40.7 Å². The molecule has 0 spiro atoms. The van der Waals surface area contributed by atoms with Crippen molar-refractivity contribution in [2.45, 2.75) is 40.3 Å². The highest BCUT2D eigenvalue weighted by Crippen LogP contribution is 2.27. The predicted molar refractivity (Wildman–Crippen MR) is 101 cm³/mol. The summed E-state index contributed by atoms with van der Waals surface area (Å²) in [7, 11) is 3.22. The van der Waals surface area contributed by atoms with Crippen molar-refractivity contribution in [2.75, 3.05) is 20.8 Å². The van der Waals surface area contributed by atoms with Crippen LogP contribution < -0.4 is 20.1 Å². The highest BCUT2D eigenvalue weighted by Gasteiger charge is 2.11. The molecule has 0 aliphatic rings. The Hall–Kier alpha value is -2.70. The van der Waals surface area contributed by atoms with Gasteiger partial charge in [0.05, 0.1) is 19.9 Å². The summed E-state index contributed by atoms with van der Waals surface area (Å²) in [5.74, 6) is 1.38. The molecule has 2 aromatic rings. The normalized spacial score (nSPS) is 10.5. The van der Waals surface area contributed by atoms with Crippen LogP contribution in [0.3, 0.4) is 0 Å². The van der Waals surface area contributed by atoms with Gasteiger partial charge in [-0.25, -0.2) is 4.79 Å². The molecule has 142 valence electrons. The van der Waals surface area contributed by atoms with Crippen LogP contribution in [0, 0.1) is 13.8 Å². The molecule has 0 saturated carbocycles. The fourth-order valence-electron chi connectivity index (χ4n) is 2.89. The van der Waals surface area contributed by atoms with E-state index < -0.39 is 0 Å². The number of hydrogen-bond donors (Lipinski definition) is 2. The molecule has 7 heteroatoms. The van der Waals surface area contributed by atoms with Gasteiger partial charge in [-0.05, 0) is 44.9 Å². The van der Waals surface area contributed by atoms with E-state index in [1.54, 1.807) is 14.2 Å². The average molecular weight is 360 g/mol. The van der Waals surface area contributed by atoms with E-state index in [1.807, 2.05) is 36.7 Å². The Labute approximate surface area is 154 Å². The summed E-state index contributed by atoms with van der Waals surface area (Å²) in [5, 5.41) is 10.2. The molecule has 1 aromatic heterocycles. The minimum absolute atomic E-state index is 0.187. The number of benzene rings is 1. The number of urea groups is 1. The number of carbonyl (C=O) groups is 1. The highest BCUT2D eigenvalue weighted by atomic mass is 16.5. The van der Waals surface area contributed by atoms with E-state index in [4.69, 9.17) is 9.47 Å². The number of ether oxygens (including phenoxy) is 2. The lowest BCUT2D eigenvalue weighted by atomic mass is 10.1. The summed E-state index contributed by atoms with van der Waals surface area (Å²) in [6, 6.07) is 5.57. The third-order valence-electron chi connectivity index (χ3n) is 4.40.